The lowest BCUT2D eigenvalue weighted by Crippen LogP contribution is -2.71. The maximum absolute atomic E-state index is 13.3. The zero-order valence-corrected chi connectivity index (χ0v) is 19.6. The van der Waals surface area contributed by atoms with Crippen molar-refractivity contribution in [3.05, 3.63) is 82.9 Å². The number of rotatable bonds is 8. The summed E-state index contributed by atoms with van der Waals surface area (Å²) in [6.07, 6.45) is 2.12. The van der Waals surface area contributed by atoms with Crippen molar-refractivity contribution in [3.63, 3.8) is 0 Å². The minimum absolute atomic E-state index is 0.00849. The van der Waals surface area contributed by atoms with Gasteiger partial charge in [0.2, 0.25) is 6.41 Å². The van der Waals surface area contributed by atoms with E-state index in [0.29, 0.717) is 17.7 Å². The molecule has 176 valence electrons. The summed E-state index contributed by atoms with van der Waals surface area (Å²) < 4.78 is 23.9. The molecular formula is C25H24N2O6S. The fourth-order valence-corrected chi connectivity index (χ4v) is 5.81. The van der Waals surface area contributed by atoms with Crippen LogP contribution in [0, 0.1) is 0 Å². The first-order valence-corrected chi connectivity index (χ1v) is 11.8. The Kier molecular flexibility index (Phi) is 6.65. The predicted molar refractivity (Wildman–Crippen MR) is 126 cm³/mol. The Balaban J connectivity index is 1.55. The van der Waals surface area contributed by atoms with E-state index in [4.69, 9.17) is 9.47 Å². The van der Waals surface area contributed by atoms with E-state index >= 15 is 0 Å². The van der Waals surface area contributed by atoms with E-state index in [-0.39, 0.29) is 11.6 Å². The predicted octanol–water partition coefficient (Wildman–Crippen LogP) is 2.44. The third-order valence-electron chi connectivity index (χ3n) is 5.74. The van der Waals surface area contributed by atoms with Gasteiger partial charge in [0.15, 0.2) is 6.04 Å². The average Bonchev–Trinajstić information content (AvgIpc) is 3.09. The lowest BCUT2D eigenvalue weighted by molar-refractivity contribution is -0.166. The lowest BCUT2D eigenvalue weighted by Gasteiger charge is -2.46. The van der Waals surface area contributed by atoms with Crippen molar-refractivity contribution in [2.75, 3.05) is 7.11 Å². The van der Waals surface area contributed by atoms with Crippen LogP contribution < -0.4 is 4.74 Å². The highest BCUT2D eigenvalue weighted by Gasteiger charge is 2.63. The van der Waals surface area contributed by atoms with Gasteiger partial charge in [-0.05, 0) is 41.8 Å². The van der Waals surface area contributed by atoms with Crippen LogP contribution in [0.25, 0.3) is 6.08 Å². The molecule has 0 bridgehead atoms. The number of carbonyl (C=O) groups is 3. The molecule has 34 heavy (non-hydrogen) atoms. The number of ether oxygens (including phenoxy) is 2. The van der Waals surface area contributed by atoms with Crippen LogP contribution in [0.5, 0.6) is 5.75 Å². The van der Waals surface area contributed by atoms with Gasteiger partial charge in [0.1, 0.15) is 28.8 Å². The van der Waals surface area contributed by atoms with E-state index < -0.39 is 40.1 Å². The SMILES string of the molecule is C=C(C)[C@H](C(=O)OCc1ccc(OC)cc1)N1C(=O)[C@@H]2[C@H]1S(=O)/C(=C/c1ccccc1)N2C=O. The molecule has 9 heteroatoms. The molecule has 0 N–H and O–H groups in total. The molecule has 2 saturated heterocycles. The van der Waals surface area contributed by atoms with Gasteiger partial charge in [-0.2, -0.15) is 0 Å². The van der Waals surface area contributed by atoms with E-state index in [1.54, 1.807) is 56.5 Å². The van der Waals surface area contributed by atoms with Crippen LogP contribution in [0.3, 0.4) is 0 Å². The van der Waals surface area contributed by atoms with Gasteiger partial charge in [-0.25, -0.2) is 4.79 Å². The third kappa shape index (κ3) is 4.14. The summed E-state index contributed by atoms with van der Waals surface area (Å²) in [5, 5.41) is -0.637. The number of methoxy groups -OCH3 is 1. The van der Waals surface area contributed by atoms with Crippen LogP contribution >= 0.6 is 0 Å². The third-order valence-corrected chi connectivity index (χ3v) is 7.41. The maximum atomic E-state index is 13.3. The van der Waals surface area contributed by atoms with Gasteiger partial charge in [-0.1, -0.05) is 49.0 Å². The van der Waals surface area contributed by atoms with Crippen molar-refractivity contribution in [3.8, 4) is 5.75 Å². The molecule has 2 aliphatic rings. The fraction of sp³-hybridized carbons (Fsp3) is 0.240. The Morgan fingerprint density at radius 2 is 1.85 bits per heavy atom. The second-order valence-corrected chi connectivity index (χ2v) is 9.49. The fourth-order valence-electron chi connectivity index (χ4n) is 4.03. The Hall–Kier alpha value is -3.72. The van der Waals surface area contributed by atoms with Crippen molar-refractivity contribution in [2.24, 2.45) is 0 Å². The van der Waals surface area contributed by atoms with Gasteiger partial charge in [0.05, 0.1) is 17.9 Å². The standard InChI is InChI=1S/C25H24N2O6S/c1-16(2)21(25(30)33-14-18-9-11-19(32-3)12-10-18)27-23(29)22-24(27)34(31)20(26(22)15-28)13-17-7-5-4-6-8-17/h4-13,15,21-22,24H,1,14H2,2-3H3/b20-13+/t21-,22-,24-,34?/m1/s1. The van der Waals surface area contributed by atoms with Crippen molar-refractivity contribution in [1.29, 1.82) is 0 Å². The molecule has 4 rings (SSSR count). The summed E-state index contributed by atoms with van der Waals surface area (Å²) >= 11 is 0. The van der Waals surface area contributed by atoms with Gasteiger partial charge < -0.3 is 14.4 Å². The number of nitrogens with zero attached hydrogens (tertiary/aromatic N) is 2. The molecular weight excluding hydrogens is 456 g/mol. The van der Waals surface area contributed by atoms with Crippen molar-refractivity contribution < 1.29 is 28.1 Å². The molecule has 2 aromatic rings. The number of esters is 1. The quantitative estimate of drug-likeness (QED) is 0.249. The molecule has 8 nitrogen and oxygen atoms in total. The van der Waals surface area contributed by atoms with E-state index in [9.17, 15) is 18.6 Å². The van der Waals surface area contributed by atoms with Crippen LogP contribution in [0.2, 0.25) is 0 Å². The van der Waals surface area contributed by atoms with Crippen LogP contribution in [0.15, 0.2) is 71.8 Å². The Morgan fingerprint density at radius 3 is 2.44 bits per heavy atom. The van der Waals surface area contributed by atoms with Gasteiger partial charge >= 0.3 is 5.97 Å². The molecule has 0 aliphatic carbocycles. The monoisotopic (exact) mass is 480 g/mol. The van der Waals surface area contributed by atoms with Crippen molar-refractivity contribution in [2.45, 2.75) is 31.0 Å². The van der Waals surface area contributed by atoms with Gasteiger partial charge in [-0.3, -0.25) is 18.7 Å². The number of amides is 2. The summed E-state index contributed by atoms with van der Waals surface area (Å²) in [5.41, 5.74) is 1.86. The molecule has 0 aromatic heterocycles. The first-order chi connectivity index (χ1) is 16.4. The number of fused-ring (bicyclic) bond motifs is 1. The topological polar surface area (TPSA) is 93.2 Å². The van der Waals surface area contributed by atoms with Crippen LogP contribution in [0.4, 0.5) is 0 Å². The lowest BCUT2D eigenvalue weighted by atomic mass is 9.98. The summed E-state index contributed by atoms with van der Waals surface area (Å²) in [6.45, 7) is 5.45. The van der Waals surface area contributed by atoms with Crippen molar-refractivity contribution >= 4 is 35.2 Å². The van der Waals surface area contributed by atoms with Gasteiger partial charge in [-0.15, -0.1) is 0 Å². The highest BCUT2D eigenvalue weighted by Crippen LogP contribution is 2.42. The molecule has 0 saturated carbocycles. The van der Waals surface area contributed by atoms with Crippen molar-refractivity contribution in [1.82, 2.24) is 9.80 Å². The molecule has 0 spiro atoms. The molecule has 0 radical (unpaired) electrons. The number of β-lactam (4-membered cyclic amide) rings is 1. The number of carbonyl (C=O) groups excluding carboxylic acids is 3. The first-order valence-electron chi connectivity index (χ1n) is 10.6. The number of likely N-dealkylation sites (tertiary alicyclic amines) is 1. The number of hydrogen-bond acceptors (Lipinski definition) is 6. The molecule has 2 fully saturated rings. The van der Waals surface area contributed by atoms with E-state index in [1.807, 2.05) is 18.2 Å². The molecule has 2 amide bonds. The summed E-state index contributed by atoms with van der Waals surface area (Å²) in [6, 6.07) is 14.1. The Labute approximate surface area is 199 Å². The molecule has 1 unspecified atom stereocenters. The first kappa shape index (κ1) is 23.4. The van der Waals surface area contributed by atoms with E-state index in [0.717, 1.165) is 11.1 Å². The van der Waals surface area contributed by atoms with Crippen LogP contribution in [0.1, 0.15) is 18.1 Å². The average molecular weight is 481 g/mol. The smallest absolute Gasteiger partial charge is 0.333 e. The van der Waals surface area contributed by atoms with Gasteiger partial charge in [0.25, 0.3) is 5.91 Å². The normalized spacial score (nSPS) is 23.2. The summed E-state index contributed by atoms with van der Waals surface area (Å²) in [4.78, 5) is 40.2. The molecule has 4 atom stereocenters. The van der Waals surface area contributed by atoms with Gasteiger partial charge in [0, 0.05) is 0 Å². The Morgan fingerprint density at radius 1 is 1.18 bits per heavy atom. The largest absolute Gasteiger partial charge is 0.497 e. The van der Waals surface area contributed by atoms with Crippen LogP contribution in [-0.2, 0) is 36.5 Å². The molecule has 2 aliphatic heterocycles. The minimum Gasteiger partial charge on any atom is -0.497 e. The highest BCUT2D eigenvalue weighted by molar-refractivity contribution is 7.90. The summed E-state index contributed by atoms with van der Waals surface area (Å²) in [7, 11) is -0.171. The molecule has 2 heterocycles. The van der Waals surface area contributed by atoms with Crippen LogP contribution in [-0.4, -0.2) is 56.9 Å². The zero-order valence-electron chi connectivity index (χ0n) is 18.7. The minimum atomic E-state index is -1.73. The zero-order chi connectivity index (χ0) is 24.4. The highest BCUT2D eigenvalue weighted by atomic mass is 32.2. The second kappa shape index (κ2) is 9.64. The maximum Gasteiger partial charge on any atom is 0.333 e. The Bertz CT molecular complexity index is 1180. The van der Waals surface area contributed by atoms with E-state index in [1.165, 1.54) is 9.80 Å². The van der Waals surface area contributed by atoms with E-state index in [2.05, 4.69) is 6.58 Å². The number of hydrogen-bond donors (Lipinski definition) is 0. The number of benzene rings is 2. The second-order valence-electron chi connectivity index (χ2n) is 7.99. The molecule has 2 aromatic carbocycles. The summed E-state index contributed by atoms with van der Waals surface area (Å²) in [5.74, 6) is -0.475.